The predicted molar refractivity (Wildman–Crippen MR) is 69.7 cm³/mol. The van der Waals surface area contributed by atoms with Gasteiger partial charge in [0.25, 0.3) is 0 Å². The number of hydrogen-bond donors (Lipinski definition) is 1. The van der Waals surface area contributed by atoms with Gasteiger partial charge in [-0.25, -0.2) is 4.79 Å². The molecule has 0 amide bonds. The van der Waals surface area contributed by atoms with Crippen LogP contribution in [0.15, 0.2) is 15.9 Å². The Balaban J connectivity index is 2.83. The fourth-order valence-electron chi connectivity index (χ4n) is 1.27. The maximum absolute atomic E-state index is 11.7. The minimum atomic E-state index is -0.365. The molecule has 1 N–H and O–H groups in total. The van der Waals surface area contributed by atoms with Crippen LogP contribution in [0.25, 0.3) is 0 Å². The van der Waals surface area contributed by atoms with Crippen LogP contribution in [-0.2, 0) is 9.53 Å². The number of thiophene rings is 1. The van der Waals surface area contributed by atoms with Crippen molar-refractivity contribution in [1.29, 1.82) is 0 Å². The molecule has 16 heavy (non-hydrogen) atoms. The van der Waals surface area contributed by atoms with E-state index in [1.807, 2.05) is 12.1 Å². The molecule has 0 bridgehead atoms. The van der Waals surface area contributed by atoms with E-state index >= 15 is 0 Å². The van der Waals surface area contributed by atoms with Gasteiger partial charge in [-0.3, -0.25) is 5.32 Å². The van der Waals surface area contributed by atoms with E-state index in [1.165, 1.54) is 7.11 Å². The van der Waals surface area contributed by atoms with E-state index in [0.29, 0.717) is 0 Å². The summed E-state index contributed by atoms with van der Waals surface area (Å²) in [6.45, 7) is 4.13. The van der Waals surface area contributed by atoms with Crippen LogP contribution in [0.1, 0.15) is 31.2 Å². The normalized spacial score (nSPS) is 14.5. The smallest absolute Gasteiger partial charge is 0.328 e. The molecular weight excluding hydrogens is 290 g/mol. The van der Waals surface area contributed by atoms with E-state index in [-0.39, 0.29) is 18.1 Å². The largest absolute Gasteiger partial charge is 0.468 e. The quantitative estimate of drug-likeness (QED) is 0.850. The number of methoxy groups -OCH3 is 1. The van der Waals surface area contributed by atoms with E-state index in [2.05, 4.69) is 35.1 Å². The van der Waals surface area contributed by atoms with E-state index < -0.39 is 0 Å². The first-order chi connectivity index (χ1) is 7.58. The lowest BCUT2D eigenvalue weighted by Crippen LogP contribution is -2.35. The third-order valence-electron chi connectivity index (χ3n) is 2.38. The fraction of sp³-hybridized carbons (Fsp3) is 0.545. The number of esters is 1. The number of carbonyl (C=O) groups is 1. The van der Waals surface area contributed by atoms with Crippen LogP contribution in [0.2, 0.25) is 0 Å². The van der Waals surface area contributed by atoms with Gasteiger partial charge < -0.3 is 4.74 Å². The summed E-state index contributed by atoms with van der Waals surface area (Å²) in [5, 5.41) is 3.26. The molecule has 1 heterocycles. The van der Waals surface area contributed by atoms with Gasteiger partial charge in [0.2, 0.25) is 0 Å². The Kier molecular flexibility index (Phi) is 5.44. The van der Waals surface area contributed by atoms with Crippen molar-refractivity contribution in [3.8, 4) is 0 Å². The molecule has 0 saturated heterocycles. The minimum absolute atomic E-state index is 0.241. The molecule has 1 rings (SSSR count). The molecule has 90 valence electrons. The number of nitrogens with one attached hydrogen (secondary N) is 1. The molecule has 0 fully saturated rings. The van der Waals surface area contributed by atoms with Crippen molar-refractivity contribution >= 4 is 33.2 Å². The van der Waals surface area contributed by atoms with Crippen molar-refractivity contribution in [2.24, 2.45) is 0 Å². The van der Waals surface area contributed by atoms with Crippen LogP contribution in [-0.4, -0.2) is 19.1 Å². The zero-order valence-electron chi connectivity index (χ0n) is 9.62. The topological polar surface area (TPSA) is 38.3 Å². The maximum atomic E-state index is 11.7. The summed E-state index contributed by atoms with van der Waals surface area (Å²) in [4.78, 5) is 12.7. The van der Waals surface area contributed by atoms with E-state index in [0.717, 1.165) is 15.1 Å². The monoisotopic (exact) mass is 305 g/mol. The van der Waals surface area contributed by atoms with Crippen molar-refractivity contribution in [1.82, 2.24) is 5.32 Å². The number of rotatable bonds is 5. The van der Waals surface area contributed by atoms with Crippen LogP contribution in [0.3, 0.4) is 0 Å². The van der Waals surface area contributed by atoms with E-state index in [9.17, 15) is 4.79 Å². The van der Waals surface area contributed by atoms with Crippen molar-refractivity contribution in [3.05, 3.63) is 20.8 Å². The summed E-state index contributed by atoms with van der Waals surface area (Å²) in [5.74, 6) is -0.241. The Bertz CT molecular complexity index is 354. The zero-order valence-corrected chi connectivity index (χ0v) is 12.0. The lowest BCUT2D eigenvalue weighted by atomic mass is 10.2. The third-order valence-corrected chi connectivity index (χ3v) is 4.07. The first-order valence-electron chi connectivity index (χ1n) is 5.17. The maximum Gasteiger partial charge on any atom is 0.328 e. The van der Waals surface area contributed by atoms with Crippen LogP contribution < -0.4 is 5.32 Å². The molecule has 0 spiro atoms. The molecule has 2 atom stereocenters. The summed E-state index contributed by atoms with van der Waals surface area (Å²) >= 11 is 4.94. The molecule has 0 aromatic carbocycles. The summed E-state index contributed by atoms with van der Waals surface area (Å²) in [7, 11) is 1.41. The zero-order chi connectivity index (χ0) is 12.1. The number of ether oxygens (including phenoxy) is 1. The average Bonchev–Trinajstić information content (AvgIpc) is 2.71. The van der Waals surface area contributed by atoms with Crippen LogP contribution in [0, 0.1) is 0 Å². The van der Waals surface area contributed by atoms with E-state index in [1.54, 1.807) is 11.3 Å². The molecule has 0 aliphatic carbocycles. The highest BCUT2D eigenvalue weighted by molar-refractivity contribution is 9.11. The molecule has 0 aliphatic heterocycles. The van der Waals surface area contributed by atoms with Gasteiger partial charge in [-0.2, -0.15) is 0 Å². The van der Waals surface area contributed by atoms with Crippen molar-refractivity contribution in [3.63, 3.8) is 0 Å². The van der Waals surface area contributed by atoms with Crippen molar-refractivity contribution < 1.29 is 9.53 Å². The number of hydrogen-bond acceptors (Lipinski definition) is 4. The van der Waals surface area contributed by atoms with Gasteiger partial charge in [0.05, 0.1) is 10.9 Å². The molecule has 0 aliphatic rings. The average molecular weight is 306 g/mol. The van der Waals surface area contributed by atoms with E-state index in [4.69, 9.17) is 4.74 Å². The summed E-state index contributed by atoms with van der Waals surface area (Å²) in [6.07, 6.45) is 0.972. The van der Waals surface area contributed by atoms with Crippen LogP contribution >= 0.6 is 27.3 Å². The Morgan fingerprint density at radius 3 is 2.75 bits per heavy atom. The molecule has 2 unspecified atom stereocenters. The Labute approximate surface area is 108 Å². The van der Waals surface area contributed by atoms with Gasteiger partial charge in [0.1, 0.15) is 6.04 Å². The Morgan fingerprint density at radius 2 is 2.31 bits per heavy atom. The third kappa shape index (κ3) is 3.57. The van der Waals surface area contributed by atoms with Crippen molar-refractivity contribution in [2.45, 2.75) is 32.4 Å². The van der Waals surface area contributed by atoms with Gasteiger partial charge in [0.15, 0.2) is 0 Å². The second-order valence-electron chi connectivity index (χ2n) is 3.57. The van der Waals surface area contributed by atoms with Gasteiger partial charge in [-0.15, -0.1) is 11.3 Å². The van der Waals surface area contributed by atoms with Gasteiger partial charge in [0, 0.05) is 10.9 Å². The standard InChI is InChI=1S/C11H16BrNO2S/c1-4-7(2)13-10(11(14)15-3)8-5-6-9(12)16-8/h5-7,10,13H,4H2,1-3H3. The van der Waals surface area contributed by atoms with Crippen LogP contribution in [0.4, 0.5) is 0 Å². The summed E-state index contributed by atoms with van der Waals surface area (Å²) in [5.41, 5.74) is 0. The lowest BCUT2D eigenvalue weighted by molar-refractivity contribution is -0.143. The predicted octanol–water partition coefficient (Wildman–Crippen LogP) is 3.11. The first-order valence-corrected chi connectivity index (χ1v) is 6.78. The molecular formula is C11H16BrNO2S. The highest BCUT2D eigenvalue weighted by Gasteiger charge is 2.23. The van der Waals surface area contributed by atoms with Crippen molar-refractivity contribution in [2.75, 3.05) is 7.11 Å². The summed E-state index contributed by atoms with van der Waals surface area (Å²) < 4.78 is 5.83. The molecule has 5 heteroatoms. The minimum Gasteiger partial charge on any atom is -0.468 e. The van der Waals surface area contributed by atoms with Gasteiger partial charge >= 0.3 is 5.97 Å². The lowest BCUT2D eigenvalue weighted by Gasteiger charge is -2.19. The molecule has 1 aromatic heterocycles. The second kappa shape index (κ2) is 6.37. The first kappa shape index (κ1) is 13.7. The number of halogens is 1. The second-order valence-corrected chi connectivity index (χ2v) is 6.07. The molecule has 0 saturated carbocycles. The van der Waals surface area contributed by atoms with Gasteiger partial charge in [-0.05, 0) is 41.4 Å². The van der Waals surface area contributed by atoms with Crippen LogP contribution in [0.5, 0.6) is 0 Å². The molecule has 0 radical (unpaired) electrons. The fourth-order valence-corrected chi connectivity index (χ4v) is 2.74. The molecule has 3 nitrogen and oxygen atoms in total. The highest BCUT2D eigenvalue weighted by atomic mass is 79.9. The van der Waals surface area contributed by atoms with Gasteiger partial charge in [-0.1, -0.05) is 6.92 Å². The number of carbonyl (C=O) groups excluding carboxylic acids is 1. The highest BCUT2D eigenvalue weighted by Crippen LogP contribution is 2.28. The summed E-state index contributed by atoms with van der Waals surface area (Å²) in [6, 6.07) is 3.79. The Morgan fingerprint density at radius 1 is 1.62 bits per heavy atom. The Hall–Kier alpha value is -0.390. The SMILES string of the molecule is CCC(C)NC(C(=O)OC)c1ccc(Br)s1. The molecule has 1 aromatic rings.